The van der Waals surface area contributed by atoms with Crippen molar-refractivity contribution in [2.45, 2.75) is 38.6 Å². The maximum atomic E-state index is 5.41. The molecule has 0 amide bonds. The number of anilines is 1. The van der Waals surface area contributed by atoms with Crippen molar-refractivity contribution in [2.24, 2.45) is 0 Å². The summed E-state index contributed by atoms with van der Waals surface area (Å²) in [5, 5.41) is 4.75. The van der Waals surface area contributed by atoms with E-state index in [-0.39, 0.29) is 0 Å². The van der Waals surface area contributed by atoms with Crippen LogP contribution < -0.4 is 10.1 Å². The molecule has 0 spiro atoms. The van der Waals surface area contributed by atoms with Gasteiger partial charge in [-0.1, -0.05) is 6.07 Å². The zero-order chi connectivity index (χ0) is 18.1. The minimum Gasteiger partial charge on any atom is -0.497 e. The number of benzene rings is 2. The first-order chi connectivity index (χ1) is 12.6. The molecule has 5 heteroatoms. The van der Waals surface area contributed by atoms with Crippen molar-refractivity contribution in [3.63, 3.8) is 0 Å². The lowest BCUT2D eigenvalue weighted by atomic mass is 10.0. The molecule has 4 nitrogen and oxygen atoms in total. The second kappa shape index (κ2) is 7.23. The summed E-state index contributed by atoms with van der Waals surface area (Å²) < 4.78 is 6.42. The summed E-state index contributed by atoms with van der Waals surface area (Å²) in [5.41, 5.74) is 4.94. The Bertz CT molecular complexity index is 957. The minimum atomic E-state index is 0.348. The third-order valence-electron chi connectivity index (χ3n) is 5.06. The smallest absolute Gasteiger partial charge is 0.137 e. The number of halogens is 1. The van der Waals surface area contributed by atoms with Gasteiger partial charge < -0.3 is 10.1 Å². The van der Waals surface area contributed by atoms with Gasteiger partial charge >= 0.3 is 0 Å². The van der Waals surface area contributed by atoms with Gasteiger partial charge in [-0.05, 0) is 89.5 Å². The normalized spacial score (nSPS) is 16.8. The molecule has 0 aliphatic heterocycles. The van der Waals surface area contributed by atoms with Crippen molar-refractivity contribution in [3.05, 3.63) is 57.8 Å². The fourth-order valence-corrected chi connectivity index (χ4v) is 4.44. The van der Waals surface area contributed by atoms with Gasteiger partial charge in [0, 0.05) is 15.9 Å². The van der Waals surface area contributed by atoms with E-state index in [2.05, 4.69) is 68.5 Å². The summed E-state index contributed by atoms with van der Waals surface area (Å²) in [6.45, 7) is 2.09. The largest absolute Gasteiger partial charge is 0.497 e. The fourth-order valence-electron chi connectivity index (χ4n) is 3.76. The van der Waals surface area contributed by atoms with E-state index in [1.807, 2.05) is 0 Å². The van der Waals surface area contributed by atoms with Crippen molar-refractivity contribution in [2.75, 3.05) is 12.4 Å². The number of aryl methyl sites for hydroxylation is 2. The maximum Gasteiger partial charge on any atom is 0.137 e. The van der Waals surface area contributed by atoms with E-state index in [4.69, 9.17) is 4.74 Å². The van der Waals surface area contributed by atoms with Crippen LogP contribution in [0.15, 0.2) is 41.1 Å². The molecule has 3 aromatic rings. The number of hydrogen-bond donors (Lipinski definition) is 1. The van der Waals surface area contributed by atoms with Gasteiger partial charge in [-0.15, -0.1) is 0 Å². The molecular formula is C21H22BrN3O. The molecule has 0 saturated carbocycles. The van der Waals surface area contributed by atoms with Crippen LogP contribution in [0.2, 0.25) is 0 Å². The highest BCUT2D eigenvalue weighted by Crippen LogP contribution is 2.30. The van der Waals surface area contributed by atoms with Crippen molar-refractivity contribution in [1.29, 1.82) is 0 Å². The molecule has 26 heavy (non-hydrogen) atoms. The Morgan fingerprint density at radius 1 is 1.15 bits per heavy atom. The van der Waals surface area contributed by atoms with Crippen molar-refractivity contribution in [1.82, 2.24) is 9.97 Å². The van der Waals surface area contributed by atoms with E-state index >= 15 is 0 Å². The first-order valence-electron chi connectivity index (χ1n) is 8.97. The van der Waals surface area contributed by atoms with Crippen LogP contribution in [-0.4, -0.2) is 23.1 Å². The Morgan fingerprint density at radius 2 is 2.04 bits per heavy atom. The van der Waals surface area contributed by atoms with E-state index in [1.54, 1.807) is 13.4 Å². The predicted octanol–water partition coefficient (Wildman–Crippen LogP) is 5.07. The SMILES string of the molecule is COc1ccc2c(c1)CC(Nc1ncnc3c(Br)cc(C)cc13)CCC2. The molecule has 1 atom stereocenters. The minimum absolute atomic E-state index is 0.348. The number of aromatic nitrogens is 2. The van der Waals surface area contributed by atoms with Crippen LogP contribution in [0, 0.1) is 6.92 Å². The Labute approximate surface area is 162 Å². The lowest BCUT2D eigenvalue weighted by Crippen LogP contribution is -2.22. The molecule has 1 heterocycles. The summed E-state index contributed by atoms with van der Waals surface area (Å²) in [7, 11) is 1.72. The van der Waals surface area contributed by atoms with Gasteiger partial charge in [0.05, 0.1) is 12.6 Å². The van der Waals surface area contributed by atoms with Crippen LogP contribution in [0.1, 0.15) is 29.5 Å². The molecule has 1 aromatic heterocycles. The number of methoxy groups -OCH3 is 1. The van der Waals surface area contributed by atoms with Crippen molar-refractivity contribution in [3.8, 4) is 5.75 Å². The second-order valence-electron chi connectivity index (χ2n) is 6.94. The Balaban J connectivity index is 1.66. The molecule has 4 rings (SSSR count). The molecular weight excluding hydrogens is 390 g/mol. The highest BCUT2D eigenvalue weighted by atomic mass is 79.9. The molecule has 0 fully saturated rings. The summed E-state index contributed by atoms with van der Waals surface area (Å²) in [5.74, 6) is 1.84. The van der Waals surface area contributed by atoms with Gasteiger partial charge in [-0.25, -0.2) is 9.97 Å². The van der Waals surface area contributed by atoms with E-state index in [0.717, 1.165) is 46.2 Å². The summed E-state index contributed by atoms with van der Waals surface area (Å²) in [6, 6.07) is 11.0. The maximum absolute atomic E-state index is 5.41. The second-order valence-corrected chi connectivity index (χ2v) is 7.79. The van der Waals surface area contributed by atoms with Crippen LogP contribution in [-0.2, 0) is 12.8 Å². The van der Waals surface area contributed by atoms with Crippen LogP contribution >= 0.6 is 15.9 Å². The van der Waals surface area contributed by atoms with Gasteiger partial charge in [-0.2, -0.15) is 0 Å². The number of fused-ring (bicyclic) bond motifs is 2. The topological polar surface area (TPSA) is 47.0 Å². The molecule has 1 N–H and O–H groups in total. The van der Waals surface area contributed by atoms with Gasteiger partial charge in [0.15, 0.2) is 0 Å². The molecule has 0 radical (unpaired) electrons. The number of hydrogen-bond acceptors (Lipinski definition) is 4. The lowest BCUT2D eigenvalue weighted by Gasteiger charge is -2.19. The number of nitrogens with zero attached hydrogens (tertiary/aromatic N) is 2. The quantitative estimate of drug-likeness (QED) is 0.611. The Hall–Kier alpha value is -2.14. The average molecular weight is 412 g/mol. The highest BCUT2D eigenvalue weighted by Gasteiger charge is 2.19. The third kappa shape index (κ3) is 3.40. The van der Waals surface area contributed by atoms with Crippen LogP contribution in [0.3, 0.4) is 0 Å². The predicted molar refractivity (Wildman–Crippen MR) is 109 cm³/mol. The number of nitrogens with one attached hydrogen (secondary N) is 1. The van der Waals surface area contributed by atoms with Crippen LogP contribution in [0.5, 0.6) is 5.75 Å². The highest BCUT2D eigenvalue weighted by molar-refractivity contribution is 9.10. The van der Waals surface area contributed by atoms with E-state index < -0.39 is 0 Å². The first kappa shape index (κ1) is 17.3. The zero-order valence-electron chi connectivity index (χ0n) is 15.1. The van der Waals surface area contributed by atoms with Crippen molar-refractivity contribution < 1.29 is 4.74 Å². The number of rotatable bonds is 3. The molecule has 134 valence electrons. The molecule has 0 bridgehead atoms. The molecule has 1 unspecified atom stereocenters. The average Bonchev–Trinajstić information content (AvgIpc) is 2.83. The van der Waals surface area contributed by atoms with E-state index in [9.17, 15) is 0 Å². The van der Waals surface area contributed by atoms with Crippen LogP contribution in [0.25, 0.3) is 10.9 Å². The van der Waals surface area contributed by atoms with E-state index in [0.29, 0.717) is 6.04 Å². The van der Waals surface area contributed by atoms with Gasteiger partial charge in [-0.3, -0.25) is 0 Å². The van der Waals surface area contributed by atoms with Crippen LogP contribution in [0.4, 0.5) is 5.82 Å². The van der Waals surface area contributed by atoms with Crippen molar-refractivity contribution >= 4 is 32.7 Å². The first-order valence-corrected chi connectivity index (χ1v) is 9.76. The van der Waals surface area contributed by atoms with Gasteiger partial charge in [0.1, 0.15) is 17.9 Å². The Kier molecular flexibility index (Phi) is 4.81. The Morgan fingerprint density at radius 3 is 2.88 bits per heavy atom. The number of ether oxygens (including phenoxy) is 1. The zero-order valence-corrected chi connectivity index (χ0v) is 16.6. The molecule has 2 aromatic carbocycles. The standard InChI is InChI=1S/C21H22BrN3O/c1-13-8-18-20(19(22)9-13)23-12-24-21(18)25-16-5-3-4-14-6-7-17(26-2)11-15(14)10-16/h6-9,11-12,16H,3-5,10H2,1-2H3,(H,23,24,25). The lowest BCUT2D eigenvalue weighted by molar-refractivity contribution is 0.414. The summed E-state index contributed by atoms with van der Waals surface area (Å²) in [6.07, 6.45) is 6.02. The van der Waals surface area contributed by atoms with Gasteiger partial charge in [0.25, 0.3) is 0 Å². The molecule has 0 saturated heterocycles. The van der Waals surface area contributed by atoms with E-state index in [1.165, 1.54) is 23.1 Å². The summed E-state index contributed by atoms with van der Waals surface area (Å²) in [4.78, 5) is 8.97. The monoisotopic (exact) mass is 411 g/mol. The van der Waals surface area contributed by atoms with Gasteiger partial charge in [0.2, 0.25) is 0 Å². The summed E-state index contributed by atoms with van der Waals surface area (Å²) >= 11 is 3.62. The molecule has 1 aliphatic carbocycles. The third-order valence-corrected chi connectivity index (χ3v) is 5.66. The fraction of sp³-hybridized carbons (Fsp3) is 0.333. The molecule has 1 aliphatic rings.